The molecule has 0 bridgehead atoms. The van der Waals surface area contributed by atoms with Crippen molar-refractivity contribution >= 4 is 17.8 Å². The van der Waals surface area contributed by atoms with Crippen LogP contribution in [0.15, 0.2) is 0 Å². The number of hydrogen-bond donors (Lipinski definition) is 14. The van der Waals surface area contributed by atoms with Crippen LogP contribution in [0.4, 0.5) is 0 Å². The van der Waals surface area contributed by atoms with E-state index in [0.717, 1.165) is 13.8 Å². The molecule has 0 saturated carbocycles. The highest BCUT2D eigenvalue weighted by Crippen LogP contribution is 2.37. The van der Waals surface area contributed by atoms with Crippen LogP contribution in [-0.2, 0) is 33.3 Å². The topological polar surface area (TPSA) is 355 Å². The number of aliphatic hydroxyl groups excluding tert-OH is 11. The normalized spacial score (nSPS) is 35.7. The molecule has 2 aliphatic rings. The van der Waals surface area contributed by atoms with Crippen LogP contribution in [0.5, 0.6) is 0 Å². The lowest BCUT2D eigenvalue weighted by Crippen LogP contribution is -2.70. The summed E-state index contributed by atoms with van der Waals surface area (Å²) in [7, 11) is 0. The van der Waals surface area contributed by atoms with Crippen LogP contribution in [0.2, 0.25) is 0 Å². The number of nitrogens with one attached hydrogen (secondary N) is 2. The highest BCUT2D eigenvalue weighted by Gasteiger charge is 2.58. The monoisotopic (exact) mass is 676 g/mol. The first kappa shape index (κ1) is 40.0. The van der Waals surface area contributed by atoms with Gasteiger partial charge < -0.3 is 90.9 Å². The van der Waals surface area contributed by atoms with Crippen molar-refractivity contribution in [3.05, 3.63) is 0 Å². The molecule has 14 N–H and O–H groups in total. The number of rotatable bonds is 16. The lowest BCUT2D eigenvalue weighted by atomic mass is 9.88. The Morgan fingerprint density at radius 1 is 0.870 bits per heavy atom. The predicted octanol–water partition coefficient (Wildman–Crippen LogP) is -8.44. The molecule has 268 valence electrons. The zero-order valence-corrected chi connectivity index (χ0v) is 24.8. The third-order valence-electron chi connectivity index (χ3n) is 7.52. The number of carbonyl (C=O) groups is 3. The number of carboxylic acid groups (broad SMARTS) is 1. The Morgan fingerprint density at radius 2 is 1.48 bits per heavy atom. The van der Waals surface area contributed by atoms with Crippen molar-refractivity contribution in [2.45, 2.75) is 112 Å². The van der Waals surface area contributed by atoms with Crippen molar-refractivity contribution in [3.8, 4) is 0 Å². The van der Waals surface area contributed by atoms with Gasteiger partial charge in [0.15, 0.2) is 6.29 Å². The Labute approximate surface area is 261 Å². The van der Waals surface area contributed by atoms with Crippen LogP contribution in [0.25, 0.3) is 0 Å². The number of aliphatic carboxylic acids is 1. The lowest BCUT2D eigenvalue weighted by Gasteiger charge is -2.49. The average Bonchev–Trinajstić information content (AvgIpc) is 3.00. The molecule has 0 aliphatic carbocycles. The second-order valence-electron chi connectivity index (χ2n) is 11.0. The van der Waals surface area contributed by atoms with Gasteiger partial charge in [0.25, 0.3) is 5.79 Å². The Morgan fingerprint density at radius 3 is 1.96 bits per heavy atom. The van der Waals surface area contributed by atoms with Gasteiger partial charge in [0.05, 0.1) is 44.6 Å². The van der Waals surface area contributed by atoms with Crippen molar-refractivity contribution in [1.29, 1.82) is 0 Å². The third kappa shape index (κ3) is 9.24. The number of hydrogen-bond acceptors (Lipinski definition) is 18. The fourth-order valence-corrected chi connectivity index (χ4v) is 5.17. The second-order valence-corrected chi connectivity index (χ2v) is 11.0. The maximum atomic E-state index is 12.8. The van der Waals surface area contributed by atoms with Crippen LogP contribution >= 0.6 is 0 Å². The van der Waals surface area contributed by atoms with Crippen LogP contribution in [0.1, 0.15) is 20.3 Å². The molecule has 46 heavy (non-hydrogen) atoms. The van der Waals surface area contributed by atoms with Crippen LogP contribution < -0.4 is 10.6 Å². The third-order valence-corrected chi connectivity index (χ3v) is 7.52. The van der Waals surface area contributed by atoms with Crippen molar-refractivity contribution in [1.82, 2.24) is 10.6 Å². The molecule has 2 rings (SSSR count). The van der Waals surface area contributed by atoms with Gasteiger partial charge in [-0.05, 0) is 0 Å². The van der Waals surface area contributed by atoms with Gasteiger partial charge in [-0.2, -0.15) is 0 Å². The molecule has 2 aliphatic heterocycles. The molecule has 2 heterocycles. The first-order valence-corrected chi connectivity index (χ1v) is 14.1. The molecule has 15 atom stereocenters. The first-order valence-electron chi connectivity index (χ1n) is 14.1. The molecule has 0 aromatic heterocycles. The van der Waals surface area contributed by atoms with E-state index in [2.05, 4.69) is 10.6 Å². The van der Waals surface area contributed by atoms with Gasteiger partial charge in [-0.1, -0.05) is 0 Å². The summed E-state index contributed by atoms with van der Waals surface area (Å²) in [6, 6.07) is -3.35. The van der Waals surface area contributed by atoms with E-state index in [9.17, 15) is 75.7 Å². The summed E-state index contributed by atoms with van der Waals surface area (Å²) in [5.41, 5.74) is 0. The van der Waals surface area contributed by atoms with Gasteiger partial charge in [-0.25, -0.2) is 4.79 Å². The second kappa shape index (κ2) is 17.3. The molecular weight excluding hydrogens is 632 g/mol. The standard InChI is InChI=1S/C25H44N2O19/c1-8(32)26-10(4-28)20(21(13(36)6-30)44-23-19(40)18(39)17(38)14(7-31)43-23)45-25(24(41)42)3-11(34)15(27-9(2)33)22(46-25)16(37)12(35)5-29/h10-23,28-31,34-40H,3-7H2,1-2H3,(H,26,32)(H,27,33)(H,41,42)/t10-,11-,12+,13+,14+,15+,16+,17-,18-,19+,20+,21+,22+,23-,25+/m0/s1. The van der Waals surface area contributed by atoms with E-state index in [-0.39, 0.29) is 0 Å². The largest absolute Gasteiger partial charge is 0.477 e. The average molecular weight is 677 g/mol. The van der Waals surface area contributed by atoms with Gasteiger partial charge in [-0.3, -0.25) is 9.59 Å². The van der Waals surface area contributed by atoms with E-state index in [0.29, 0.717) is 0 Å². The van der Waals surface area contributed by atoms with Gasteiger partial charge in [0.1, 0.15) is 61.0 Å². The summed E-state index contributed by atoms with van der Waals surface area (Å²) in [5.74, 6) is -6.79. The minimum atomic E-state index is -3.13. The van der Waals surface area contributed by atoms with E-state index >= 15 is 0 Å². The minimum absolute atomic E-state index is 0.782. The quantitative estimate of drug-likeness (QED) is 0.0721. The Bertz CT molecular complexity index is 1010. The summed E-state index contributed by atoms with van der Waals surface area (Å²) < 4.78 is 22.2. The van der Waals surface area contributed by atoms with Crippen molar-refractivity contribution in [3.63, 3.8) is 0 Å². The lowest BCUT2D eigenvalue weighted by molar-refractivity contribution is -0.357. The summed E-state index contributed by atoms with van der Waals surface area (Å²) in [6.45, 7) is -2.27. The molecule has 0 aromatic rings. The molecule has 2 saturated heterocycles. The van der Waals surface area contributed by atoms with Gasteiger partial charge >= 0.3 is 5.97 Å². The first-order chi connectivity index (χ1) is 21.5. The van der Waals surface area contributed by atoms with Crippen LogP contribution in [-0.4, -0.2) is 197 Å². The Balaban J connectivity index is 2.67. The highest BCUT2D eigenvalue weighted by molar-refractivity contribution is 5.77. The van der Waals surface area contributed by atoms with Gasteiger partial charge in [0.2, 0.25) is 11.8 Å². The molecule has 0 aromatic carbocycles. The van der Waals surface area contributed by atoms with Crippen molar-refractivity contribution < 1.29 is 94.6 Å². The maximum Gasteiger partial charge on any atom is 0.364 e. The van der Waals surface area contributed by atoms with E-state index in [1.807, 2.05) is 0 Å². The molecule has 0 spiro atoms. The number of carboxylic acids is 1. The van der Waals surface area contributed by atoms with Gasteiger partial charge in [0, 0.05) is 20.3 Å². The summed E-state index contributed by atoms with van der Waals surface area (Å²) in [4.78, 5) is 36.7. The number of amides is 2. The van der Waals surface area contributed by atoms with E-state index in [1.165, 1.54) is 0 Å². The molecule has 2 amide bonds. The van der Waals surface area contributed by atoms with Crippen molar-refractivity contribution in [2.24, 2.45) is 0 Å². The number of carbonyl (C=O) groups excluding carboxylic acids is 2. The van der Waals surface area contributed by atoms with Crippen LogP contribution in [0, 0.1) is 0 Å². The van der Waals surface area contributed by atoms with E-state index < -0.39 is 142 Å². The smallest absolute Gasteiger partial charge is 0.364 e. The molecule has 21 nitrogen and oxygen atoms in total. The zero-order chi connectivity index (χ0) is 35.1. The van der Waals surface area contributed by atoms with E-state index in [1.54, 1.807) is 0 Å². The summed E-state index contributed by atoms with van der Waals surface area (Å²) >= 11 is 0. The number of ether oxygens (including phenoxy) is 4. The molecule has 0 unspecified atom stereocenters. The SMILES string of the molecule is CC(=O)N[C@H]1[C@H]([C@H](O)[C@H](O)CO)O[C@@](O[C@@H]([C@H](O[C@@H]2O[C@H](CO)[C@H](O)[C@H](O)[C@H]2O)[C@H](O)CO)[C@H](CO)NC(C)=O)(C(=O)O)C[C@@H]1O. The highest BCUT2D eigenvalue weighted by atomic mass is 16.8. The molecule has 2 fully saturated rings. The molecule has 0 radical (unpaired) electrons. The zero-order valence-electron chi connectivity index (χ0n) is 24.8. The Hall–Kier alpha value is -2.19. The predicted molar refractivity (Wildman–Crippen MR) is 144 cm³/mol. The van der Waals surface area contributed by atoms with E-state index in [4.69, 9.17) is 18.9 Å². The minimum Gasteiger partial charge on any atom is -0.477 e. The fourth-order valence-electron chi connectivity index (χ4n) is 5.17. The van der Waals surface area contributed by atoms with Gasteiger partial charge in [-0.15, -0.1) is 0 Å². The van der Waals surface area contributed by atoms with Crippen LogP contribution in [0.3, 0.4) is 0 Å². The summed E-state index contributed by atoms with van der Waals surface area (Å²) in [6.07, 6.45) is -25.1. The maximum absolute atomic E-state index is 12.8. The number of aliphatic hydroxyl groups is 11. The Kier molecular flexibility index (Phi) is 15.0. The summed E-state index contributed by atoms with van der Waals surface area (Å²) in [5, 5.41) is 127. The fraction of sp³-hybridized carbons (Fsp3) is 0.880. The molecular formula is C25H44N2O19. The van der Waals surface area contributed by atoms with Crippen molar-refractivity contribution in [2.75, 3.05) is 26.4 Å². The molecule has 21 heteroatoms.